The molecule has 12 heteroatoms. The Labute approximate surface area is 262 Å². The highest BCUT2D eigenvalue weighted by atomic mass is 32.1. The van der Waals surface area contributed by atoms with E-state index in [1.807, 2.05) is 24.0 Å². The van der Waals surface area contributed by atoms with E-state index in [0.29, 0.717) is 25.6 Å². The molecule has 3 aliphatic heterocycles. The zero-order chi connectivity index (χ0) is 30.8. The second-order valence-corrected chi connectivity index (χ2v) is 13.5. The number of carbonyl (C=O) groups is 3. The summed E-state index contributed by atoms with van der Waals surface area (Å²) in [5.41, 5.74) is 1.37. The first-order valence-corrected chi connectivity index (χ1v) is 16.4. The average molecular weight is 620 g/mol. The number of benzene rings is 1. The number of hydrogen-bond donors (Lipinski definition) is 2. The predicted molar refractivity (Wildman–Crippen MR) is 170 cm³/mol. The number of rotatable bonds is 10. The van der Waals surface area contributed by atoms with E-state index >= 15 is 0 Å². The van der Waals surface area contributed by atoms with E-state index < -0.39 is 5.54 Å². The second-order valence-electron chi connectivity index (χ2n) is 12.5. The Morgan fingerprint density at radius 2 is 1.82 bits per heavy atom. The highest BCUT2D eigenvalue weighted by molar-refractivity contribution is 7.20. The highest BCUT2D eigenvalue weighted by Crippen LogP contribution is 2.35. The summed E-state index contributed by atoms with van der Waals surface area (Å²) >= 11 is 1.48. The quantitative estimate of drug-likeness (QED) is 0.253. The van der Waals surface area contributed by atoms with Crippen LogP contribution in [0.4, 0.5) is 10.6 Å². The van der Waals surface area contributed by atoms with Gasteiger partial charge in [0.05, 0.1) is 16.9 Å². The number of ether oxygens (including phenoxy) is 1. The van der Waals surface area contributed by atoms with Gasteiger partial charge in [0, 0.05) is 45.3 Å². The monoisotopic (exact) mass is 619 g/mol. The zero-order valence-electron chi connectivity index (χ0n) is 25.7. The van der Waals surface area contributed by atoms with Crippen LogP contribution in [0.25, 0.3) is 10.2 Å². The van der Waals surface area contributed by atoms with E-state index in [-0.39, 0.29) is 17.8 Å². The number of piperidine rings is 1. The van der Waals surface area contributed by atoms with Gasteiger partial charge < -0.3 is 20.3 Å². The minimum atomic E-state index is -0.841. The van der Waals surface area contributed by atoms with Crippen molar-refractivity contribution in [3.63, 3.8) is 0 Å². The number of likely N-dealkylation sites (tertiary alicyclic amines) is 2. The van der Waals surface area contributed by atoms with Gasteiger partial charge >= 0.3 is 6.03 Å². The Morgan fingerprint density at radius 3 is 2.50 bits per heavy atom. The molecular weight excluding hydrogens is 578 g/mol. The molecule has 0 spiro atoms. The number of nitrogens with one attached hydrogen (secondary N) is 2. The van der Waals surface area contributed by atoms with Crippen molar-refractivity contribution in [2.24, 2.45) is 0 Å². The number of urea groups is 1. The molecule has 2 N–H and O–H groups in total. The molecule has 3 aromatic rings. The van der Waals surface area contributed by atoms with E-state index in [0.717, 1.165) is 90.6 Å². The summed E-state index contributed by atoms with van der Waals surface area (Å²) in [7, 11) is 0. The minimum absolute atomic E-state index is 0.122. The Hall–Kier alpha value is -3.77. The van der Waals surface area contributed by atoms with Crippen LogP contribution in [0.5, 0.6) is 5.75 Å². The Bertz CT molecular complexity index is 1530. The maximum atomic E-state index is 13.1. The molecule has 0 unspecified atom stereocenters. The Kier molecular flexibility index (Phi) is 8.73. The first-order valence-electron chi connectivity index (χ1n) is 15.6. The summed E-state index contributed by atoms with van der Waals surface area (Å²) in [6.07, 6.45) is 6.33. The van der Waals surface area contributed by atoms with Gasteiger partial charge in [-0.15, -0.1) is 11.3 Å². The van der Waals surface area contributed by atoms with Crippen molar-refractivity contribution >= 4 is 45.2 Å². The summed E-state index contributed by atoms with van der Waals surface area (Å²) in [4.78, 5) is 53.8. The molecule has 0 saturated carbocycles. The zero-order valence-corrected chi connectivity index (χ0v) is 26.5. The molecule has 11 nitrogen and oxygen atoms in total. The summed E-state index contributed by atoms with van der Waals surface area (Å²) in [6.45, 7) is 10.7. The van der Waals surface area contributed by atoms with Crippen molar-refractivity contribution in [3.05, 3.63) is 46.6 Å². The van der Waals surface area contributed by atoms with Crippen molar-refractivity contribution < 1.29 is 19.1 Å². The number of imide groups is 1. The van der Waals surface area contributed by atoms with Gasteiger partial charge in [-0.2, -0.15) is 0 Å². The topological polar surface area (TPSA) is 120 Å². The van der Waals surface area contributed by atoms with Crippen molar-refractivity contribution in [2.75, 3.05) is 44.6 Å². The van der Waals surface area contributed by atoms with Gasteiger partial charge in [0.2, 0.25) is 0 Å². The third-order valence-electron chi connectivity index (χ3n) is 8.81. The van der Waals surface area contributed by atoms with Crippen molar-refractivity contribution in [3.8, 4) is 5.75 Å². The number of fused-ring (bicyclic) bond motifs is 1. The third-order valence-corrected chi connectivity index (χ3v) is 10.00. The molecule has 0 radical (unpaired) electrons. The summed E-state index contributed by atoms with van der Waals surface area (Å²) in [5.74, 6) is 1.53. The lowest BCUT2D eigenvalue weighted by atomic mass is 10.0. The fourth-order valence-electron chi connectivity index (χ4n) is 6.26. The lowest BCUT2D eigenvalue weighted by Gasteiger charge is -2.32. The molecule has 4 amide bonds. The number of aryl methyl sites for hydroxylation is 1. The molecule has 2 aromatic heterocycles. The normalized spacial score (nSPS) is 19.2. The molecule has 0 atom stereocenters. The Morgan fingerprint density at radius 1 is 1.09 bits per heavy atom. The number of aromatic nitrogens is 2. The molecule has 1 aromatic carbocycles. The van der Waals surface area contributed by atoms with Gasteiger partial charge in [0.25, 0.3) is 11.8 Å². The largest absolute Gasteiger partial charge is 0.494 e. The number of nitrogens with zero attached hydrogens (tertiary/aromatic N) is 5. The van der Waals surface area contributed by atoms with Gasteiger partial charge in [0.1, 0.15) is 28.3 Å². The van der Waals surface area contributed by atoms with Crippen LogP contribution in [0.2, 0.25) is 0 Å². The molecule has 5 heterocycles. The summed E-state index contributed by atoms with van der Waals surface area (Å²) in [6, 6.07) is 8.12. The van der Waals surface area contributed by atoms with E-state index in [2.05, 4.69) is 37.6 Å². The van der Waals surface area contributed by atoms with Crippen LogP contribution in [-0.4, -0.2) is 93.4 Å². The SMILES string of the molecule is Cc1c(C(=O)N2CCCC2)sc2ncnc(NC3CCN(Cc4ccc(OCCCN5C(=O)NC(C)(C)C5=O)cc4)CC3)c12. The maximum absolute atomic E-state index is 13.1. The number of anilines is 1. The number of thiophene rings is 1. The number of hydrogen-bond acceptors (Lipinski definition) is 9. The molecule has 6 rings (SSSR count). The fraction of sp³-hybridized carbons (Fsp3) is 0.531. The highest BCUT2D eigenvalue weighted by Gasteiger charge is 2.43. The summed E-state index contributed by atoms with van der Waals surface area (Å²) in [5, 5.41) is 7.35. The lowest BCUT2D eigenvalue weighted by molar-refractivity contribution is -0.130. The molecule has 3 fully saturated rings. The predicted octanol–water partition coefficient (Wildman–Crippen LogP) is 4.41. The molecule has 0 aliphatic carbocycles. The molecule has 0 bridgehead atoms. The second kappa shape index (κ2) is 12.7. The van der Waals surface area contributed by atoms with Gasteiger partial charge in [-0.1, -0.05) is 12.1 Å². The van der Waals surface area contributed by atoms with Gasteiger partial charge in [0.15, 0.2) is 0 Å². The van der Waals surface area contributed by atoms with E-state index in [1.54, 1.807) is 20.2 Å². The van der Waals surface area contributed by atoms with Crippen molar-refractivity contribution in [1.29, 1.82) is 0 Å². The van der Waals surface area contributed by atoms with Crippen molar-refractivity contribution in [1.82, 2.24) is 30.0 Å². The first kappa shape index (κ1) is 30.3. The lowest BCUT2D eigenvalue weighted by Crippen LogP contribution is -2.40. The van der Waals surface area contributed by atoms with E-state index in [1.165, 1.54) is 21.8 Å². The van der Waals surface area contributed by atoms with E-state index in [9.17, 15) is 14.4 Å². The van der Waals surface area contributed by atoms with Gasteiger partial charge in [-0.05, 0) is 76.1 Å². The molecule has 3 saturated heterocycles. The Balaban J connectivity index is 0.962. The van der Waals surface area contributed by atoms with Crippen LogP contribution in [0.3, 0.4) is 0 Å². The molecule has 234 valence electrons. The smallest absolute Gasteiger partial charge is 0.325 e. The van der Waals surface area contributed by atoms with E-state index in [4.69, 9.17) is 4.74 Å². The van der Waals surface area contributed by atoms with Gasteiger partial charge in [-0.25, -0.2) is 14.8 Å². The minimum Gasteiger partial charge on any atom is -0.494 e. The van der Waals surface area contributed by atoms with Crippen LogP contribution in [-0.2, 0) is 11.3 Å². The molecular formula is C32H41N7O4S. The maximum Gasteiger partial charge on any atom is 0.325 e. The average Bonchev–Trinajstić information content (AvgIpc) is 3.71. The van der Waals surface area contributed by atoms with Crippen LogP contribution >= 0.6 is 11.3 Å². The summed E-state index contributed by atoms with van der Waals surface area (Å²) < 4.78 is 5.86. The van der Waals surface area contributed by atoms with Crippen LogP contribution < -0.4 is 15.4 Å². The van der Waals surface area contributed by atoms with Gasteiger partial charge in [-0.3, -0.25) is 19.4 Å². The van der Waals surface area contributed by atoms with Crippen molar-refractivity contribution in [2.45, 2.75) is 71.0 Å². The third kappa shape index (κ3) is 6.37. The molecule has 3 aliphatic rings. The van der Waals surface area contributed by atoms with Crippen LogP contribution in [0.15, 0.2) is 30.6 Å². The fourth-order valence-corrected chi connectivity index (χ4v) is 7.38. The van der Waals surface area contributed by atoms with Crippen LogP contribution in [0, 0.1) is 6.92 Å². The standard InChI is InChI=1S/C32H41N7O4S/c1-21-25-27(33-20-34-28(25)44-26(21)29(40)38-13-4-5-14-38)35-23-11-16-37(17-12-23)19-22-7-9-24(10-8-22)43-18-6-15-39-30(41)32(2,3)36-31(39)42/h7-10,20,23H,4-6,11-19H2,1-3H3,(H,36,42)(H,33,34,35). The first-order chi connectivity index (χ1) is 21.2. The number of carbonyl (C=O) groups excluding carboxylic acids is 3. The molecule has 44 heavy (non-hydrogen) atoms. The van der Waals surface area contributed by atoms with Crippen LogP contribution in [0.1, 0.15) is 66.8 Å². The number of amides is 4.